The van der Waals surface area contributed by atoms with Gasteiger partial charge in [-0.25, -0.2) is 12.4 Å². The number of aromatic nitrogens is 1. The van der Waals surface area contributed by atoms with E-state index in [2.05, 4.69) is 4.74 Å². The molecule has 0 fully saturated rings. The summed E-state index contributed by atoms with van der Waals surface area (Å²) < 4.78 is 72.9. The maximum atomic E-state index is 13.7. The molecular weight excluding hydrogens is 485 g/mol. The Morgan fingerprint density at radius 2 is 1.83 bits per heavy atom. The quantitative estimate of drug-likeness (QED) is 0.464. The third kappa shape index (κ3) is 4.64. The first-order chi connectivity index (χ1) is 16.4. The largest absolute Gasteiger partial charge is 0.469 e. The molecule has 0 unspecified atom stereocenters. The van der Waals surface area contributed by atoms with Crippen LogP contribution in [-0.4, -0.2) is 37.9 Å². The fourth-order valence-corrected chi connectivity index (χ4v) is 5.99. The predicted molar refractivity (Wildman–Crippen MR) is 123 cm³/mol. The topological polar surface area (TPSA) is 85.7 Å². The van der Waals surface area contributed by atoms with E-state index in [1.807, 2.05) is 0 Å². The zero-order valence-corrected chi connectivity index (χ0v) is 19.9. The lowest BCUT2D eigenvalue weighted by molar-refractivity contribution is -0.140. The van der Waals surface area contributed by atoms with Crippen LogP contribution in [0.5, 0.6) is 0 Å². The van der Waals surface area contributed by atoms with Crippen molar-refractivity contribution in [2.75, 3.05) is 18.6 Å². The lowest BCUT2D eigenvalue weighted by Gasteiger charge is -2.16. The van der Waals surface area contributed by atoms with Gasteiger partial charge >= 0.3 is 12.1 Å². The number of methoxy groups -OCH3 is 1. The molecule has 2 heterocycles. The maximum Gasteiger partial charge on any atom is 0.416 e. The smallest absolute Gasteiger partial charge is 0.416 e. The number of fused-ring (bicyclic) bond motifs is 2. The number of anilines is 1. The molecule has 2 aromatic carbocycles. The predicted octanol–water partition coefficient (Wildman–Crippen LogP) is 4.30. The van der Waals surface area contributed by atoms with E-state index < -0.39 is 27.7 Å². The first kappa shape index (κ1) is 24.8. The fourth-order valence-electron chi connectivity index (χ4n) is 4.37. The Balaban J connectivity index is 1.82. The molecule has 1 aromatic heterocycles. The van der Waals surface area contributed by atoms with Crippen molar-refractivity contribution >= 4 is 38.5 Å². The van der Waals surface area contributed by atoms with Gasteiger partial charge in [-0.3, -0.25) is 9.59 Å². The molecule has 3 aromatic rings. The Hall–Kier alpha value is -3.34. The van der Waals surface area contributed by atoms with Crippen LogP contribution < -0.4 is 4.90 Å². The molecule has 0 atom stereocenters. The van der Waals surface area contributed by atoms with Crippen LogP contribution in [0.15, 0.2) is 47.4 Å². The second kappa shape index (κ2) is 9.03. The van der Waals surface area contributed by atoms with Crippen LogP contribution in [-0.2, 0) is 43.4 Å². The number of amides is 1. The summed E-state index contributed by atoms with van der Waals surface area (Å²) in [6.07, 6.45) is -3.67. The Bertz CT molecular complexity index is 1430. The van der Waals surface area contributed by atoms with Crippen molar-refractivity contribution in [2.45, 2.75) is 43.7 Å². The summed E-state index contributed by atoms with van der Waals surface area (Å²) >= 11 is 0. The van der Waals surface area contributed by atoms with Gasteiger partial charge in [-0.1, -0.05) is 0 Å². The van der Waals surface area contributed by atoms with E-state index >= 15 is 0 Å². The Morgan fingerprint density at radius 3 is 2.49 bits per heavy atom. The van der Waals surface area contributed by atoms with Gasteiger partial charge < -0.3 is 9.64 Å². The van der Waals surface area contributed by atoms with Crippen LogP contribution in [0.1, 0.15) is 36.6 Å². The number of nitrogens with zero attached hydrogens (tertiary/aromatic N) is 2. The standard InChI is InChI=1S/C24H23F3N2O5S/c1-15(30)28-11-10-16-14-20(7-9-21(16)28)35(32,33)29-19(4-3-5-23(31)34-2)13-17-12-18(24(25,26)27)6-8-22(17)29/h6-9,12-14H,3-5,10-11H2,1-2H3. The molecule has 7 nitrogen and oxygen atoms in total. The summed E-state index contributed by atoms with van der Waals surface area (Å²) in [7, 11) is -2.96. The number of carbonyl (C=O) groups excluding carboxylic acids is 2. The molecule has 1 aliphatic heterocycles. The van der Waals surface area contributed by atoms with Gasteiger partial charge in [-0.2, -0.15) is 13.2 Å². The normalized spacial score (nSPS) is 13.8. The van der Waals surface area contributed by atoms with Crippen LogP contribution in [0.25, 0.3) is 10.9 Å². The Morgan fingerprint density at radius 1 is 1.09 bits per heavy atom. The van der Waals surface area contributed by atoms with Crippen molar-refractivity contribution in [2.24, 2.45) is 0 Å². The van der Waals surface area contributed by atoms with Gasteiger partial charge in [0.15, 0.2) is 0 Å². The van der Waals surface area contributed by atoms with Gasteiger partial charge in [0.1, 0.15) is 0 Å². The molecule has 35 heavy (non-hydrogen) atoms. The second-order valence-corrected chi connectivity index (χ2v) is 10.1. The number of halogens is 3. The molecule has 4 rings (SSSR count). The highest BCUT2D eigenvalue weighted by Crippen LogP contribution is 2.35. The molecule has 0 bridgehead atoms. The number of hydrogen-bond donors (Lipinski definition) is 0. The number of hydrogen-bond acceptors (Lipinski definition) is 5. The van der Waals surface area contributed by atoms with Crippen LogP contribution in [0.2, 0.25) is 0 Å². The summed E-state index contributed by atoms with van der Waals surface area (Å²) in [6.45, 7) is 1.88. The highest BCUT2D eigenvalue weighted by atomic mass is 32.2. The number of benzene rings is 2. The van der Waals surface area contributed by atoms with Gasteiger partial charge in [0.2, 0.25) is 5.91 Å². The van der Waals surface area contributed by atoms with Gasteiger partial charge in [0.25, 0.3) is 10.0 Å². The average Bonchev–Trinajstić information content (AvgIpc) is 3.38. The minimum atomic E-state index is -4.58. The summed E-state index contributed by atoms with van der Waals surface area (Å²) in [5, 5.41) is 0.125. The molecular formula is C24H23F3N2O5S. The van der Waals surface area contributed by atoms with E-state index in [1.165, 1.54) is 32.2 Å². The average molecular weight is 509 g/mol. The molecule has 11 heteroatoms. The third-order valence-electron chi connectivity index (χ3n) is 6.06. The molecule has 1 aliphatic rings. The van der Waals surface area contributed by atoms with Crippen molar-refractivity contribution in [3.63, 3.8) is 0 Å². The van der Waals surface area contributed by atoms with Gasteiger partial charge in [0.05, 0.1) is 23.1 Å². The monoisotopic (exact) mass is 508 g/mol. The molecule has 0 saturated heterocycles. The van der Waals surface area contributed by atoms with E-state index in [9.17, 15) is 31.2 Å². The van der Waals surface area contributed by atoms with Crippen LogP contribution >= 0.6 is 0 Å². The first-order valence-corrected chi connectivity index (χ1v) is 12.3. The lowest BCUT2D eigenvalue weighted by Crippen LogP contribution is -2.25. The molecule has 0 N–H and O–H groups in total. The number of rotatable bonds is 6. The Labute approximate surface area is 200 Å². The lowest BCUT2D eigenvalue weighted by atomic mass is 10.1. The van der Waals surface area contributed by atoms with E-state index in [4.69, 9.17) is 0 Å². The van der Waals surface area contributed by atoms with Gasteiger partial charge in [-0.05, 0) is 67.3 Å². The number of aryl methyl sites for hydroxylation is 1. The molecule has 0 spiro atoms. The highest BCUT2D eigenvalue weighted by molar-refractivity contribution is 7.90. The summed E-state index contributed by atoms with van der Waals surface area (Å²) in [5.41, 5.74) is 0.819. The number of carbonyl (C=O) groups is 2. The van der Waals surface area contributed by atoms with Crippen molar-refractivity contribution in [1.29, 1.82) is 0 Å². The number of esters is 1. The zero-order valence-electron chi connectivity index (χ0n) is 19.1. The number of alkyl halides is 3. The minimum absolute atomic E-state index is 0.0333. The fraction of sp³-hybridized carbons (Fsp3) is 0.333. The number of ether oxygens (including phenoxy) is 1. The minimum Gasteiger partial charge on any atom is -0.469 e. The van der Waals surface area contributed by atoms with Crippen molar-refractivity contribution in [1.82, 2.24) is 3.97 Å². The first-order valence-electron chi connectivity index (χ1n) is 10.9. The SMILES string of the molecule is COC(=O)CCCc1cc2cc(C(F)(F)F)ccc2n1S(=O)(=O)c1ccc2c(c1)CCN2C(C)=O. The second-order valence-electron chi connectivity index (χ2n) is 8.32. The molecule has 186 valence electrons. The molecule has 0 radical (unpaired) electrons. The van der Waals surface area contributed by atoms with Crippen molar-refractivity contribution in [3.05, 3.63) is 59.3 Å². The summed E-state index contributed by atoms with van der Waals surface area (Å²) in [5.74, 6) is -0.618. The highest BCUT2D eigenvalue weighted by Gasteiger charge is 2.32. The van der Waals surface area contributed by atoms with Crippen LogP contribution in [0.3, 0.4) is 0 Å². The van der Waals surface area contributed by atoms with Crippen molar-refractivity contribution in [3.8, 4) is 0 Å². The molecule has 0 aliphatic carbocycles. The third-order valence-corrected chi connectivity index (χ3v) is 7.82. The summed E-state index contributed by atoms with van der Waals surface area (Å²) in [4.78, 5) is 24.9. The van der Waals surface area contributed by atoms with E-state index in [-0.39, 0.29) is 46.7 Å². The maximum absolute atomic E-state index is 13.7. The van der Waals surface area contributed by atoms with E-state index in [0.29, 0.717) is 24.2 Å². The molecule has 0 saturated carbocycles. The van der Waals surface area contributed by atoms with Crippen LogP contribution in [0.4, 0.5) is 18.9 Å². The Kier molecular flexibility index (Phi) is 6.39. The van der Waals surface area contributed by atoms with Crippen molar-refractivity contribution < 1.29 is 35.9 Å². The zero-order chi connectivity index (χ0) is 25.5. The summed E-state index contributed by atoms with van der Waals surface area (Å²) in [6, 6.07) is 8.78. The van der Waals surface area contributed by atoms with E-state index in [0.717, 1.165) is 22.2 Å². The molecule has 1 amide bonds. The van der Waals surface area contributed by atoms with Crippen LogP contribution in [0, 0.1) is 0 Å². The van der Waals surface area contributed by atoms with E-state index in [1.54, 1.807) is 11.0 Å². The van der Waals surface area contributed by atoms with Gasteiger partial charge in [-0.15, -0.1) is 0 Å². The van der Waals surface area contributed by atoms with Gasteiger partial charge in [0, 0.05) is 36.7 Å².